The minimum absolute atomic E-state index is 0. The van der Waals surface area contributed by atoms with Crippen LogP contribution < -0.4 is 37.7 Å². The first-order valence-electron chi connectivity index (χ1n) is 4.15. The van der Waals surface area contributed by atoms with Crippen LogP contribution >= 0.6 is 0 Å². The number of hydrogen-bond donors (Lipinski definition) is 0. The molecule has 0 N–H and O–H groups in total. The standard InChI is InChI=1S/C12H8.2Li/c1-3-9-4-2-6-11-8-7-10(5-1)12(9)11;;/h1-8H;;/q-2;2*+1. The van der Waals surface area contributed by atoms with Crippen molar-refractivity contribution in [2.45, 2.75) is 0 Å². The van der Waals surface area contributed by atoms with E-state index in [1.807, 2.05) is 0 Å². The van der Waals surface area contributed by atoms with Crippen molar-refractivity contribution in [3.8, 4) is 0 Å². The van der Waals surface area contributed by atoms with Crippen LogP contribution in [0.1, 0.15) is 11.1 Å². The van der Waals surface area contributed by atoms with Crippen molar-refractivity contribution in [2.24, 2.45) is 0 Å². The zero-order valence-corrected chi connectivity index (χ0v) is 8.62. The average Bonchev–Trinajstić information content (AvgIpc) is 2.52. The summed E-state index contributed by atoms with van der Waals surface area (Å²) in [4.78, 5) is 0. The van der Waals surface area contributed by atoms with Crippen LogP contribution in [0, 0.1) is 12.8 Å². The Kier molecular flexibility index (Phi) is 3.71. The van der Waals surface area contributed by atoms with E-state index in [-0.39, 0.29) is 37.7 Å². The van der Waals surface area contributed by atoms with Crippen molar-refractivity contribution in [1.29, 1.82) is 0 Å². The van der Waals surface area contributed by atoms with Gasteiger partial charge in [-0.15, -0.1) is 17.5 Å². The molecule has 0 spiro atoms. The molecule has 0 radical (unpaired) electrons. The molecule has 2 aromatic rings. The Morgan fingerprint density at radius 3 is 1.71 bits per heavy atom. The van der Waals surface area contributed by atoms with E-state index in [1.54, 1.807) is 0 Å². The van der Waals surface area contributed by atoms with Crippen LogP contribution in [0.25, 0.3) is 10.8 Å². The van der Waals surface area contributed by atoms with E-state index >= 15 is 0 Å². The van der Waals surface area contributed by atoms with Crippen molar-refractivity contribution in [3.63, 3.8) is 0 Å². The molecule has 0 atom stereocenters. The summed E-state index contributed by atoms with van der Waals surface area (Å²) in [5.41, 5.74) is 2.70. The molecule has 14 heavy (non-hydrogen) atoms. The molecule has 0 amide bonds. The molecule has 1 aliphatic carbocycles. The van der Waals surface area contributed by atoms with E-state index < -0.39 is 0 Å². The predicted molar refractivity (Wildman–Crippen MR) is 50.8 cm³/mol. The van der Waals surface area contributed by atoms with Gasteiger partial charge in [-0.25, -0.2) is 12.8 Å². The van der Waals surface area contributed by atoms with Gasteiger partial charge in [0.25, 0.3) is 0 Å². The van der Waals surface area contributed by atoms with Crippen molar-refractivity contribution >= 4 is 10.8 Å². The van der Waals surface area contributed by atoms with Gasteiger partial charge in [0.1, 0.15) is 0 Å². The van der Waals surface area contributed by atoms with Gasteiger partial charge >= 0.3 is 37.7 Å². The van der Waals surface area contributed by atoms with Crippen molar-refractivity contribution in [2.75, 3.05) is 0 Å². The van der Waals surface area contributed by atoms with E-state index in [1.165, 1.54) is 21.9 Å². The first-order valence-corrected chi connectivity index (χ1v) is 4.15. The second kappa shape index (κ2) is 4.44. The maximum absolute atomic E-state index is 2.18. The quantitative estimate of drug-likeness (QED) is 0.288. The molecule has 2 heteroatoms. The van der Waals surface area contributed by atoms with Gasteiger partial charge < -0.3 is 0 Å². The molecule has 0 fully saturated rings. The Morgan fingerprint density at radius 1 is 0.714 bits per heavy atom. The number of rotatable bonds is 0. The normalized spacial score (nSPS) is 10.9. The molecule has 0 saturated carbocycles. The third-order valence-corrected chi connectivity index (χ3v) is 2.41. The van der Waals surface area contributed by atoms with E-state index in [0.717, 1.165) is 0 Å². The van der Waals surface area contributed by atoms with Crippen LogP contribution in [0.2, 0.25) is 0 Å². The largest absolute Gasteiger partial charge is 1.00 e. The minimum Gasteiger partial charge on any atom is -0.218 e. The van der Waals surface area contributed by atoms with Gasteiger partial charge in [0, 0.05) is 0 Å². The molecule has 58 valence electrons. The number of benzene rings is 2. The molecule has 2 aromatic carbocycles. The zero-order valence-electron chi connectivity index (χ0n) is 8.62. The summed E-state index contributed by atoms with van der Waals surface area (Å²) < 4.78 is 0. The molecule has 0 bridgehead atoms. The maximum atomic E-state index is 2.18. The summed E-state index contributed by atoms with van der Waals surface area (Å²) in [5, 5.41) is 2.75. The zero-order chi connectivity index (χ0) is 7.97. The van der Waals surface area contributed by atoms with Crippen LogP contribution in [-0.2, 0) is 0 Å². The molecule has 0 heterocycles. The van der Waals surface area contributed by atoms with Crippen LogP contribution in [0.4, 0.5) is 0 Å². The fourth-order valence-corrected chi connectivity index (χ4v) is 1.86. The molecule has 3 rings (SSSR count). The first-order chi connectivity index (χ1) is 5.95. The van der Waals surface area contributed by atoms with Crippen molar-refractivity contribution < 1.29 is 37.7 Å². The van der Waals surface area contributed by atoms with Crippen LogP contribution in [0.3, 0.4) is 0 Å². The predicted octanol–water partition coefficient (Wildman–Crippen LogP) is -3.03. The number of hydrogen-bond acceptors (Lipinski definition) is 0. The fourth-order valence-electron chi connectivity index (χ4n) is 1.86. The molecule has 1 aliphatic rings. The van der Waals surface area contributed by atoms with E-state index in [4.69, 9.17) is 0 Å². The Bertz CT molecular complexity index is 410. The Balaban J connectivity index is 0.000000490. The Morgan fingerprint density at radius 2 is 1.21 bits per heavy atom. The van der Waals surface area contributed by atoms with Crippen molar-refractivity contribution in [1.82, 2.24) is 0 Å². The molecule has 0 unspecified atom stereocenters. The maximum Gasteiger partial charge on any atom is 1.00 e. The van der Waals surface area contributed by atoms with E-state index in [0.29, 0.717) is 0 Å². The van der Waals surface area contributed by atoms with Gasteiger partial charge in [0.05, 0.1) is 0 Å². The fraction of sp³-hybridized carbons (Fsp3) is 0. The van der Waals surface area contributed by atoms with E-state index in [2.05, 4.69) is 49.2 Å². The summed E-state index contributed by atoms with van der Waals surface area (Å²) in [6.45, 7) is 0. The summed E-state index contributed by atoms with van der Waals surface area (Å²) in [5.74, 6) is 0. The van der Waals surface area contributed by atoms with Crippen molar-refractivity contribution in [3.05, 3.63) is 60.4 Å². The Hall–Kier alpha value is -0.365. The van der Waals surface area contributed by atoms with Gasteiger partial charge in [-0.1, -0.05) is 17.5 Å². The summed E-state index contributed by atoms with van der Waals surface area (Å²) >= 11 is 0. The van der Waals surface area contributed by atoms with Gasteiger partial charge in [-0.3, -0.25) is 0 Å². The first kappa shape index (κ1) is 11.7. The Labute approximate surface area is 108 Å². The molecule has 0 aromatic heterocycles. The summed E-state index contributed by atoms with van der Waals surface area (Å²) in [6.07, 6.45) is 4.36. The second-order valence-corrected chi connectivity index (χ2v) is 3.13. The molecule has 0 saturated heterocycles. The third kappa shape index (κ3) is 1.60. The molecule has 0 aliphatic heterocycles. The SMILES string of the molecule is [Li+].[Li+].c1cc2c3c(cccc3c1)[CH-][CH-]2. The smallest absolute Gasteiger partial charge is 0.218 e. The van der Waals surface area contributed by atoms with Gasteiger partial charge in [0.15, 0.2) is 0 Å². The second-order valence-electron chi connectivity index (χ2n) is 3.13. The van der Waals surface area contributed by atoms with Crippen LogP contribution in [0.5, 0.6) is 0 Å². The molecular weight excluding hydrogens is 158 g/mol. The summed E-state index contributed by atoms with van der Waals surface area (Å²) in [6, 6.07) is 12.9. The monoisotopic (exact) mass is 166 g/mol. The van der Waals surface area contributed by atoms with Crippen LogP contribution in [0.15, 0.2) is 36.4 Å². The topological polar surface area (TPSA) is 0 Å². The molecular formula is C12H8Li2. The van der Waals surface area contributed by atoms with Gasteiger partial charge in [0.2, 0.25) is 0 Å². The molecule has 0 nitrogen and oxygen atoms in total. The van der Waals surface area contributed by atoms with Crippen LogP contribution in [-0.4, -0.2) is 0 Å². The van der Waals surface area contributed by atoms with Gasteiger partial charge in [-0.05, 0) is 0 Å². The van der Waals surface area contributed by atoms with E-state index in [9.17, 15) is 0 Å². The minimum atomic E-state index is 0. The average molecular weight is 166 g/mol. The third-order valence-electron chi connectivity index (χ3n) is 2.41. The summed E-state index contributed by atoms with van der Waals surface area (Å²) in [7, 11) is 0. The van der Waals surface area contributed by atoms with Gasteiger partial charge in [-0.2, -0.15) is 23.3 Å².